The number of nitrogens with zero attached hydrogens (tertiary/aromatic N) is 2. The normalized spacial score (nSPS) is 11.2. The van der Waals surface area contributed by atoms with E-state index < -0.39 is 21.6 Å². The fourth-order valence-corrected chi connectivity index (χ4v) is 2.70. The van der Waals surface area contributed by atoms with E-state index in [0.717, 1.165) is 6.26 Å². The van der Waals surface area contributed by atoms with Crippen molar-refractivity contribution in [3.63, 3.8) is 0 Å². The van der Waals surface area contributed by atoms with Crippen LogP contribution in [0.3, 0.4) is 0 Å². The van der Waals surface area contributed by atoms with Gasteiger partial charge in [0, 0.05) is 11.8 Å². The van der Waals surface area contributed by atoms with Crippen molar-refractivity contribution in [2.75, 3.05) is 18.2 Å². The van der Waals surface area contributed by atoms with Gasteiger partial charge in [-0.3, -0.25) is 10.1 Å². The van der Waals surface area contributed by atoms with Crippen LogP contribution in [0.25, 0.3) is 11.5 Å². The summed E-state index contributed by atoms with van der Waals surface area (Å²) in [6, 6.07) is 11.0. The number of hydrogen-bond acceptors (Lipinski definition) is 7. The van der Waals surface area contributed by atoms with Gasteiger partial charge in [0.15, 0.2) is 16.4 Å². The van der Waals surface area contributed by atoms with E-state index >= 15 is 0 Å². The number of rotatable bonds is 6. The van der Waals surface area contributed by atoms with Crippen LogP contribution in [0.15, 0.2) is 57.8 Å². The molecule has 0 fully saturated rings. The molecule has 0 saturated carbocycles. The van der Waals surface area contributed by atoms with Crippen LogP contribution in [0.4, 0.5) is 10.4 Å². The predicted molar refractivity (Wildman–Crippen MR) is 93.4 cm³/mol. The highest BCUT2D eigenvalue weighted by Gasteiger charge is 2.13. The molecule has 0 spiro atoms. The highest BCUT2D eigenvalue weighted by molar-refractivity contribution is 7.90. The fraction of sp³-hybridized carbons (Fsp3) is 0.118. The van der Waals surface area contributed by atoms with E-state index in [4.69, 9.17) is 9.15 Å². The molecule has 0 aliphatic heterocycles. The first kappa shape index (κ1) is 18.5. The molecule has 3 rings (SSSR count). The fourth-order valence-electron chi connectivity index (χ4n) is 2.07. The molecule has 1 amide bonds. The SMILES string of the molecule is CS(=O)(=O)c1ccc(-c2nnc(NC(=O)COc3ccc(F)cc3)o2)cc1. The Morgan fingerprint density at radius 3 is 2.41 bits per heavy atom. The van der Waals surface area contributed by atoms with Gasteiger partial charge in [0.1, 0.15) is 11.6 Å². The number of amides is 1. The first-order valence-electron chi connectivity index (χ1n) is 7.63. The minimum absolute atomic E-state index is 0.116. The Labute approximate surface area is 153 Å². The number of anilines is 1. The van der Waals surface area contributed by atoms with Gasteiger partial charge in [-0.1, -0.05) is 5.10 Å². The van der Waals surface area contributed by atoms with Crippen molar-refractivity contribution in [3.05, 3.63) is 54.3 Å². The van der Waals surface area contributed by atoms with E-state index in [0.29, 0.717) is 11.3 Å². The van der Waals surface area contributed by atoms with Crippen molar-refractivity contribution in [1.29, 1.82) is 0 Å². The van der Waals surface area contributed by atoms with E-state index in [9.17, 15) is 17.6 Å². The van der Waals surface area contributed by atoms with Gasteiger partial charge in [0.2, 0.25) is 5.89 Å². The average molecular weight is 391 g/mol. The zero-order valence-electron chi connectivity index (χ0n) is 14.0. The molecule has 0 radical (unpaired) electrons. The Morgan fingerprint density at radius 2 is 1.78 bits per heavy atom. The molecule has 1 aromatic heterocycles. The van der Waals surface area contributed by atoms with E-state index in [1.54, 1.807) is 0 Å². The van der Waals surface area contributed by atoms with E-state index in [2.05, 4.69) is 15.5 Å². The van der Waals surface area contributed by atoms with Crippen LogP contribution in [-0.2, 0) is 14.6 Å². The van der Waals surface area contributed by atoms with Gasteiger partial charge in [-0.25, -0.2) is 12.8 Å². The molecule has 140 valence electrons. The summed E-state index contributed by atoms with van der Waals surface area (Å²) in [7, 11) is -3.30. The maximum Gasteiger partial charge on any atom is 0.322 e. The number of carbonyl (C=O) groups is 1. The minimum Gasteiger partial charge on any atom is -0.484 e. The van der Waals surface area contributed by atoms with Gasteiger partial charge >= 0.3 is 6.01 Å². The predicted octanol–water partition coefficient (Wildman–Crippen LogP) is 2.30. The van der Waals surface area contributed by atoms with Gasteiger partial charge in [-0.2, -0.15) is 0 Å². The van der Waals surface area contributed by atoms with Crippen molar-refractivity contribution in [3.8, 4) is 17.2 Å². The maximum absolute atomic E-state index is 12.8. The van der Waals surface area contributed by atoms with Crippen LogP contribution in [0.5, 0.6) is 5.75 Å². The first-order chi connectivity index (χ1) is 12.8. The Bertz CT molecular complexity index is 1050. The number of nitrogens with one attached hydrogen (secondary N) is 1. The van der Waals surface area contributed by atoms with Gasteiger partial charge in [0.05, 0.1) is 4.90 Å². The Hall–Kier alpha value is -3.27. The summed E-state index contributed by atoms with van der Waals surface area (Å²) in [5, 5.41) is 9.87. The quantitative estimate of drug-likeness (QED) is 0.686. The van der Waals surface area contributed by atoms with Crippen LogP contribution in [0.2, 0.25) is 0 Å². The Morgan fingerprint density at radius 1 is 1.11 bits per heavy atom. The van der Waals surface area contributed by atoms with E-state index in [1.807, 2.05) is 0 Å². The zero-order valence-corrected chi connectivity index (χ0v) is 14.9. The van der Waals surface area contributed by atoms with Gasteiger partial charge in [-0.05, 0) is 48.5 Å². The van der Waals surface area contributed by atoms with Crippen molar-refractivity contribution < 1.29 is 26.8 Å². The number of ether oxygens (including phenoxy) is 1. The lowest BCUT2D eigenvalue weighted by Gasteiger charge is -2.04. The second-order valence-corrected chi connectivity index (χ2v) is 7.52. The summed E-state index contributed by atoms with van der Waals surface area (Å²) >= 11 is 0. The standard InChI is InChI=1S/C17H14FN3O5S/c1-27(23,24)14-8-2-11(3-9-14)16-20-21-17(26-16)19-15(22)10-25-13-6-4-12(18)5-7-13/h2-9H,10H2,1H3,(H,19,21,22). The molecule has 0 bridgehead atoms. The molecule has 27 heavy (non-hydrogen) atoms. The molecule has 1 heterocycles. The highest BCUT2D eigenvalue weighted by atomic mass is 32.2. The zero-order chi connectivity index (χ0) is 19.4. The molecular formula is C17H14FN3O5S. The second kappa shape index (κ2) is 7.54. The van der Waals surface area contributed by atoms with Gasteiger partial charge in [0.25, 0.3) is 5.91 Å². The molecular weight excluding hydrogens is 377 g/mol. The van der Waals surface area contributed by atoms with E-state index in [1.165, 1.54) is 48.5 Å². The van der Waals surface area contributed by atoms with Crippen molar-refractivity contribution in [1.82, 2.24) is 10.2 Å². The van der Waals surface area contributed by atoms with Gasteiger partial charge in [-0.15, -0.1) is 5.10 Å². The number of aromatic nitrogens is 2. The molecule has 0 unspecified atom stereocenters. The maximum atomic E-state index is 12.8. The second-order valence-electron chi connectivity index (χ2n) is 5.50. The summed E-state index contributed by atoms with van der Waals surface area (Å²) in [6.07, 6.45) is 1.11. The van der Waals surface area contributed by atoms with Crippen molar-refractivity contribution in [2.45, 2.75) is 4.90 Å². The largest absolute Gasteiger partial charge is 0.484 e. The highest BCUT2D eigenvalue weighted by Crippen LogP contribution is 2.21. The monoisotopic (exact) mass is 391 g/mol. The summed E-state index contributed by atoms with van der Waals surface area (Å²) in [4.78, 5) is 12.0. The molecule has 8 nitrogen and oxygen atoms in total. The lowest BCUT2D eigenvalue weighted by Crippen LogP contribution is -2.20. The average Bonchev–Trinajstić information content (AvgIpc) is 3.09. The molecule has 3 aromatic rings. The molecule has 1 N–H and O–H groups in total. The van der Waals surface area contributed by atoms with Crippen LogP contribution in [-0.4, -0.2) is 37.4 Å². The number of hydrogen-bond donors (Lipinski definition) is 1. The Kier molecular flexibility index (Phi) is 5.17. The molecule has 10 heteroatoms. The molecule has 2 aromatic carbocycles. The number of sulfone groups is 1. The summed E-state index contributed by atoms with van der Waals surface area (Å²) in [5.74, 6) is -0.495. The third kappa shape index (κ3) is 4.88. The molecule has 0 aliphatic carbocycles. The third-order valence-corrected chi connectivity index (χ3v) is 4.51. The van der Waals surface area contributed by atoms with Crippen LogP contribution < -0.4 is 10.1 Å². The summed E-state index contributed by atoms with van der Waals surface area (Å²) in [6.45, 7) is -0.327. The summed E-state index contributed by atoms with van der Waals surface area (Å²) in [5.41, 5.74) is 0.498. The molecule has 0 saturated heterocycles. The smallest absolute Gasteiger partial charge is 0.322 e. The molecule has 0 atom stereocenters. The van der Waals surface area contributed by atoms with Crippen molar-refractivity contribution >= 4 is 21.8 Å². The minimum atomic E-state index is -3.30. The summed E-state index contributed by atoms with van der Waals surface area (Å²) < 4.78 is 46.2. The molecule has 0 aliphatic rings. The lowest BCUT2D eigenvalue weighted by molar-refractivity contribution is -0.118. The lowest BCUT2D eigenvalue weighted by atomic mass is 10.2. The number of benzene rings is 2. The third-order valence-electron chi connectivity index (χ3n) is 3.38. The Balaban J connectivity index is 1.60. The number of halogens is 1. The number of carbonyl (C=O) groups excluding carboxylic acids is 1. The van der Waals surface area contributed by atoms with Crippen LogP contribution in [0.1, 0.15) is 0 Å². The van der Waals surface area contributed by atoms with E-state index in [-0.39, 0.29) is 23.4 Å². The van der Waals surface area contributed by atoms with Crippen molar-refractivity contribution in [2.24, 2.45) is 0 Å². The van der Waals surface area contributed by atoms with Crippen LogP contribution >= 0.6 is 0 Å². The first-order valence-corrected chi connectivity index (χ1v) is 9.52. The van der Waals surface area contributed by atoms with Crippen LogP contribution in [0, 0.1) is 5.82 Å². The topological polar surface area (TPSA) is 111 Å². The van der Waals surface area contributed by atoms with Gasteiger partial charge < -0.3 is 9.15 Å².